The normalized spacial score (nSPS) is 14.3. The van der Waals surface area contributed by atoms with Gasteiger partial charge in [-0.15, -0.1) is 11.3 Å². The Balaban J connectivity index is 1.49. The summed E-state index contributed by atoms with van der Waals surface area (Å²) in [5.41, 5.74) is 2.03. The molecule has 0 saturated heterocycles. The second-order valence-electron chi connectivity index (χ2n) is 5.27. The molecule has 21 heavy (non-hydrogen) atoms. The van der Waals surface area contributed by atoms with Crippen LogP contribution in [-0.4, -0.2) is 19.7 Å². The molecular weight excluding hydrogens is 282 g/mol. The monoisotopic (exact) mass is 297 g/mol. The number of rotatable bonds is 5. The van der Waals surface area contributed by atoms with Crippen molar-refractivity contribution < 1.29 is 0 Å². The van der Waals surface area contributed by atoms with Crippen LogP contribution in [0.4, 0.5) is 10.9 Å². The SMILES string of the molecule is c1ccc(Nc2nc(-c3cnn(CC4CC4)c3)cs2)nc1. The molecule has 106 valence electrons. The number of anilines is 2. The molecule has 3 aromatic rings. The van der Waals surface area contributed by atoms with E-state index in [-0.39, 0.29) is 0 Å². The summed E-state index contributed by atoms with van der Waals surface area (Å²) in [5.74, 6) is 1.64. The average Bonchev–Trinajstić information content (AvgIpc) is 2.99. The van der Waals surface area contributed by atoms with Gasteiger partial charge in [-0.05, 0) is 30.9 Å². The minimum absolute atomic E-state index is 0.808. The van der Waals surface area contributed by atoms with Gasteiger partial charge in [0.2, 0.25) is 0 Å². The molecule has 0 unspecified atom stereocenters. The Bertz CT molecular complexity index is 729. The van der Waals surface area contributed by atoms with Gasteiger partial charge in [-0.3, -0.25) is 4.68 Å². The first kappa shape index (κ1) is 12.5. The third-order valence-electron chi connectivity index (χ3n) is 3.48. The van der Waals surface area contributed by atoms with E-state index < -0.39 is 0 Å². The highest BCUT2D eigenvalue weighted by Crippen LogP contribution is 2.31. The Labute approximate surface area is 126 Å². The first-order valence-electron chi connectivity index (χ1n) is 7.03. The molecule has 1 fully saturated rings. The Morgan fingerprint density at radius 3 is 3.10 bits per heavy atom. The number of thiazole rings is 1. The molecule has 1 aliphatic rings. The van der Waals surface area contributed by atoms with Crippen LogP contribution in [0.25, 0.3) is 11.3 Å². The van der Waals surface area contributed by atoms with Crippen LogP contribution in [0.2, 0.25) is 0 Å². The summed E-state index contributed by atoms with van der Waals surface area (Å²) in [6, 6.07) is 5.77. The minimum Gasteiger partial charge on any atom is -0.316 e. The maximum Gasteiger partial charge on any atom is 0.188 e. The van der Waals surface area contributed by atoms with E-state index in [9.17, 15) is 0 Å². The van der Waals surface area contributed by atoms with Crippen molar-refractivity contribution in [2.24, 2.45) is 5.92 Å². The van der Waals surface area contributed by atoms with E-state index in [0.717, 1.165) is 34.7 Å². The second-order valence-corrected chi connectivity index (χ2v) is 6.13. The average molecular weight is 297 g/mol. The molecule has 6 heteroatoms. The third-order valence-corrected chi connectivity index (χ3v) is 4.23. The van der Waals surface area contributed by atoms with Crippen molar-refractivity contribution in [1.29, 1.82) is 0 Å². The maximum atomic E-state index is 4.60. The molecule has 1 N–H and O–H groups in total. The summed E-state index contributed by atoms with van der Waals surface area (Å²) in [7, 11) is 0. The van der Waals surface area contributed by atoms with Gasteiger partial charge in [0.05, 0.1) is 11.9 Å². The molecule has 0 spiro atoms. The lowest BCUT2D eigenvalue weighted by molar-refractivity contribution is 0.563. The smallest absolute Gasteiger partial charge is 0.188 e. The highest BCUT2D eigenvalue weighted by atomic mass is 32.1. The van der Waals surface area contributed by atoms with E-state index in [1.54, 1.807) is 17.5 Å². The van der Waals surface area contributed by atoms with Crippen LogP contribution in [0.1, 0.15) is 12.8 Å². The molecule has 0 amide bonds. The number of nitrogens with zero attached hydrogens (tertiary/aromatic N) is 4. The molecule has 0 aromatic carbocycles. The Morgan fingerprint density at radius 2 is 2.29 bits per heavy atom. The van der Waals surface area contributed by atoms with E-state index in [2.05, 4.69) is 26.6 Å². The summed E-state index contributed by atoms with van der Waals surface area (Å²) in [6.07, 6.45) is 8.41. The lowest BCUT2D eigenvalue weighted by atomic mass is 10.3. The summed E-state index contributed by atoms with van der Waals surface area (Å²) in [4.78, 5) is 8.84. The largest absolute Gasteiger partial charge is 0.316 e. The zero-order valence-corrected chi connectivity index (χ0v) is 12.3. The van der Waals surface area contributed by atoms with E-state index in [1.165, 1.54) is 12.8 Å². The fourth-order valence-corrected chi connectivity index (χ4v) is 2.90. The van der Waals surface area contributed by atoms with Crippen molar-refractivity contribution in [3.8, 4) is 11.3 Å². The van der Waals surface area contributed by atoms with Gasteiger partial charge in [0.1, 0.15) is 5.82 Å². The third kappa shape index (κ3) is 2.95. The van der Waals surface area contributed by atoms with Crippen LogP contribution in [0.15, 0.2) is 42.2 Å². The zero-order chi connectivity index (χ0) is 14.1. The van der Waals surface area contributed by atoms with Gasteiger partial charge >= 0.3 is 0 Å². The lowest BCUT2D eigenvalue weighted by Gasteiger charge is -1.99. The predicted molar refractivity (Wildman–Crippen MR) is 83.6 cm³/mol. The summed E-state index contributed by atoms with van der Waals surface area (Å²) in [5, 5.41) is 10.5. The van der Waals surface area contributed by atoms with E-state index in [4.69, 9.17) is 0 Å². The van der Waals surface area contributed by atoms with Gasteiger partial charge in [0, 0.05) is 29.9 Å². The number of hydrogen-bond acceptors (Lipinski definition) is 5. The standard InChI is InChI=1S/C15H15N5S/c1-2-6-16-14(3-1)19-15-18-13(10-21-15)12-7-17-20(9-12)8-11-4-5-11/h1-3,6-7,9-11H,4-5,8H2,(H,16,18,19). The zero-order valence-electron chi connectivity index (χ0n) is 11.4. The number of nitrogens with one attached hydrogen (secondary N) is 1. The van der Waals surface area contributed by atoms with Gasteiger partial charge in [0.15, 0.2) is 5.13 Å². The summed E-state index contributed by atoms with van der Waals surface area (Å²) >= 11 is 1.58. The highest BCUT2D eigenvalue weighted by Gasteiger charge is 2.22. The van der Waals surface area contributed by atoms with Crippen LogP contribution in [0.5, 0.6) is 0 Å². The van der Waals surface area contributed by atoms with Gasteiger partial charge in [-0.25, -0.2) is 9.97 Å². The topological polar surface area (TPSA) is 55.6 Å². The number of pyridine rings is 1. The van der Waals surface area contributed by atoms with Crippen LogP contribution in [0.3, 0.4) is 0 Å². The molecule has 0 bridgehead atoms. The second kappa shape index (κ2) is 5.29. The summed E-state index contributed by atoms with van der Waals surface area (Å²) in [6.45, 7) is 1.03. The molecule has 0 atom stereocenters. The molecule has 1 aliphatic carbocycles. The van der Waals surface area contributed by atoms with Crippen molar-refractivity contribution >= 4 is 22.3 Å². The molecule has 4 rings (SSSR count). The van der Waals surface area contributed by atoms with Crippen molar-refractivity contribution in [2.75, 3.05) is 5.32 Å². The van der Waals surface area contributed by atoms with Gasteiger partial charge in [0.25, 0.3) is 0 Å². The van der Waals surface area contributed by atoms with Crippen LogP contribution < -0.4 is 5.32 Å². The summed E-state index contributed by atoms with van der Waals surface area (Å²) < 4.78 is 2.03. The predicted octanol–water partition coefficient (Wildman–Crippen LogP) is 3.56. The molecule has 3 heterocycles. The first-order valence-corrected chi connectivity index (χ1v) is 7.91. The number of aromatic nitrogens is 4. The molecule has 0 aliphatic heterocycles. The molecule has 5 nitrogen and oxygen atoms in total. The van der Waals surface area contributed by atoms with E-state index in [0.29, 0.717) is 0 Å². The Hall–Kier alpha value is -2.21. The number of hydrogen-bond donors (Lipinski definition) is 1. The van der Waals surface area contributed by atoms with Crippen molar-refractivity contribution in [3.63, 3.8) is 0 Å². The molecule has 0 radical (unpaired) electrons. The fraction of sp³-hybridized carbons (Fsp3) is 0.267. The Kier molecular flexibility index (Phi) is 3.16. The first-order chi connectivity index (χ1) is 10.4. The molecular formula is C15H15N5S. The van der Waals surface area contributed by atoms with Gasteiger partial charge in [-0.2, -0.15) is 5.10 Å². The van der Waals surface area contributed by atoms with Crippen LogP contribution >= 0.6 is 11.3 Å². The molecule has 3 aromatic heterocycles. The van der Waals surface area contributed by atoms with Gasteiger partial charge < -0.3 is 5.32 Å². The molecule has 1 saturated carbocycles. The van der Waals surface area contributed by atoms with Crippen molar-refractivity contribution in [1.82, 2.24) is 19.7 Å². The van der Waals surface area contributed by atoms with Crippen LogP contribution in [0, 0.1) is 5.92 Å². The lowest BCUT2D eigenvalue weighted by Crippen LogP contribution is -1.98. The Morgan fingerprint density at radius 1 is 1.33 bits per heavy atom. The minimum atomic E-state index is 0.808. The fourth-order valence-electron chi connectivity index (χ4n) is 2.17. The van der Waals surface area contributed by atoms with E-state index >= 15 is 0 Å². The van der Waals surface area contributed by atoms with Crippen molar-refractivity contribution in [3.05, 3.63) is 42.2 Å². The van der Waals surface area contributed by atoms with Crippen molar-refractivity contribution in [2.45, 2.75) is 19.4 Å². The van der Waals surface area contributed by atoms with Crippen LogP contribution in [-0.2, 0) is 6.54 Å². The highest BCUT2D eigenvalue weighted by molar-refractivity contribution is 7.14. The van der Waals surface area contributed by atoms with Gasteiger partial charge in [-0.1, -0.05) is 6.07 Å². The maximum absolute atomic E-state index is 4.60. The quantitative estimate of drug-likeness (QED) is 0.782. The van der Waals surface area contributed by atoms with E-state index in [1.807, 2.05) is 34.5 Å².